The molecule has 1 saturated heterocycles. The van der Waals surface area contributed by atoms with Gasteiger partial charge in [-0.3, -0.25) is 4.79 Å². The molecular weight excluding hydrogens is 386 g/mol. The Balaban J connectivity index is 1.15. The van der Waals surface area contributed by atoms with Crippen molar-refractivity contribution in [1.29, 1.82) is 0 Å². The number of piperazine rings is 1. The van der Waals surface area contributed by atoms with Crippen LogP contribution in [-0.4, -0.2) is 51.8 Å². The molecular formula is C23H30ClN3O2+2. The van der Waals surface area contributed by atoms with Gasteiger partial charge in [0, 0.05) is 23.6 Å². The van der Waals surface area contributed by atoms with Crippen molar-refractivity contribution in [3.63, 3.8) is 0 Å². The number of ether oxygens (including phenoxy) is 1. The highest BCUT2D eigenvalue weighted by atomic mass is 35.5. The smallest absolute Gasteiger partial charge is 0.275 e. The number of carbonyl (C=O) groups is 1. The van der Waals surface area contributed by atoms with Gasteiger partial charge in [0.05, 0.1) is 6.61 Å². The lowest BCUT2D eigenvalue weighted by atomic mass is 10.1. The lowest BCUT2D eigenvalue weighted by molar-refractivity contribution is -1.02. The van der Waals surface area contributed by atoms with Gasteiger partial charge in [0.2, 0.25) is 0 Å². The minimum absolute atomic E-state index is 0.143. The van der Waals surface area contributed by atoms with E-state index in [2.05, 4.69) is 23.5 Å². The maximum atomic E-state index is 12.3. The number of quaternary nitrogens is 2. The van der Waals surface area contributed by atoms with E-state index in [9.17, 15) is 4.79 Å². The molecule has 29 heavy (non-hydrogen) atoms. The normalized spacial score (nSPS) is 20.7. The zero-order chi connectivity index (χ0) is 20.1. The summed E-state index contributed by atoms with van der Waals surface area (Å²) in [7, 11) is 0. The second-order valence-corrected chi connectivity index (χ2v) is 8.56. The Morgan fingerprint density at radius 2 is 1.86 bits per heavy atom. The summed E-state index contributed by atoms with van der Waals surface area (Å²) in [4.78, 5) is 15.3. The maximum absolute atomic E-state index is 12.3. The third-order valence-corrected chi connectivity index (χ3v) is 6.14. The largest absolute Gasteiger partial charge is 0.493 e. The topological polar surface area (TPSA) is 47.2 Å². The number of fused-ring (bicyclic) bond motifs is 1. The first-order chi connectivity index (χ1) is 14.2. The van der Waals surface area contributed by atoms with Crippen LogP contribution < -0.4 is 19.9 Å². The van der Waals surface area contributed by atoms with Gasteiger partial charge in [-0.25, -0.2) is 0 Å². The van der Waals surface area contributed by atoms with Crippen LogP contribution >= 0.6 is 11.6 Å². The Morgan fingerprint density at radius 1 is 1.03 bits per heavy atom. The molecule has 0 radical (unpaired) electrons. The Labute approximate surface area is 177 Å². The first-order valence-electron chi connectivity index (χ1n) is 10.6. The lowest BCUT2D eigenvalue weighted by Gasteiger charge is -2.29. The molecule has 0 aliphatic carbocycles. The molecule has 1 amide bonds. The summed E-state index contributed by atoms with van der Waals surface area (Å²) in [6, 6.07) is 14.4. The standard InChI is InChI=1S/C23H28ClN3O2/c24-21-3-1-2-18(15-21)6-8-25-23(28)17-27-11-9-26(10-12-27)16-19-4-5-22-20(14-19)7-13-29-22/h1-5,14-15H,6-13,16-17H2,(H,25,28)/p+2. The molecule has 154 valence electrons. The molecule has 0 bridgehead atoms. The number of hydrogen-bond donors (Lipinski definition) is 3. The van der Waals surface area contributed by atoms with Crippen LogP contribution in [0.2, 0.25) is 5.02 Å². The third-order valence-electron chi connectivity index (χ3n) is 5.91. The second kappa shape index (κ2) is 9.61. The average Bonchev–Trinajstić information content (AvgIpc) is 3.17. The molecule has 1 fully saturated rings. The molecule has 6 heteroatoms. The lowest BCUT2D eigenvalue weighted by Crippen LogP contribution is -3.28. The van der Waals surface area contributed by atoms with Crippen LogP contribution in [0, 0.1) is 0 Å². The number of rotatable bonds is 7. The van der Waals surface area contributed by atoms with Gasteiger partial charge in [-0.2, -0.15) is 0 Å². The van der Waals surface area contributed by atoms with Crippen LogP contribution in [-0.2, 0) is 24.2 Å². The predicted octanol–water partition coefficient (Wildman–Crippen LogP) is -0.0828. The van der Waals surface area contributed by atoms with Crippen molar-refractivity contribution in [2.75, 3.05) is 45.9 Å². The van der Waals surface area contributed by atoms with Crippen LogP contribution in [0.5, 0.6) is 5.75 Å². The number of hydrogen-bond acceptors (Lipinski definition) is 2. The van der Waals surface area contributed by atoms with Crippen molar-refractivity contribution in [3.8, 4) is 5.75 Å². The molecule has 2 heterocycles. The Kier molecular flexibility index (Phi) is 6.70. The zero-order valence-corrected chi connectivity index (χ0v) is 17.6. The second-order valence-electron chi connectivity index (χ2n) is 8.12. The molecule has 2 aliphatic rings. The van der Waals surface area contributed by atoms with E-state index in [0.29, 0.717) is 13.1 Å². The van der Waals surface area contributed by atoms with Crippen molar-refractivity contribution in [3.05, 3.63) is 64.2 Å². The van der Waals surface area contributed by atoms with Crippen LogP contribution in [0.4, 0.5) is 0 Å². The summed E-state index contributed by atoms with van der Waals surface area (Å²) in [5.74, 6) is 1.20. The van der Waals surface area contributed by atoms with Crippen LogP contribution in [0.3, 0.4) is 0 Å². The van der Waals surface area contributed by atoms with E-state index in [1.807, 2.05) is 24.3 Å². The molecule has 4 rings (SSSR count). The van der Waals surface area contributed by atoms with Crippen molar-refractivity contribution in [1.82, 2.24) is 5.32 Å². The molecule has 2 aromatic carbocycles. The van der Waals surface area contributed by atoms with Gasteiger partial charge in [0.25, 0.3) is 5.91 Å². The minimum Gasteiger partial charge on any atom is -0.493 e. The highest BCUT2D eigenvalue weighted by Gasteiger charge is 2.25. The average molecular weight is 416 g/mol. The van der Waals surface area contributed by atoms with E-state index < -0.39 is 0 Å². The summed E-state index contributed by atoms with van der Waals surface area (Å²) >= 11 is 6.00. The number of amides is 1. The SMILES string of the molecule is O=C(C[NH+]1CC[NH+](Cc2ccc3c(c2)CCO3)CC1)NCCc1cccc(Cl)c1. The van der Waals surface area contributed by atoms with Crippen LogP contribution in [0.1, 0.15) is 16.7 Å². The Hall–Kier alpha value is -2.08. The van der Waals surface area contributed by atoms with Gasteiger partial charge < -0.3 is 19.9 Å². The van der Waals surface area contributed by atoms with E-state index in [4.69, 9.17) is 16.3 Å². The fourth-order valence-corrected chi connectivity index (χ4v) is 4.49. The van der Waals surface area contributed by atoms with E-state index in [-0.39, 0.29) is 5.91 Å². The molecule has 0 aromatic heterocycles. The summed E-state index contributed by atoms with van der Waals surface area (Å²) in [5.41, 5.74) is 3.90. The maximum Gasteiger partial charge on any atom is 0.275 e. The number of benzene rings is 2. The van der Waals surface area contributed by atoms with E-state index in [1.165, 1.54) is 16.0 Å². The summed E-state index contributed by atoms with van der Waals surface area (Å²) in [5, 5.41) is 3.79. The molecule has 0 spiro atoms. The van der Waals surface area contributed by atoms with Gasteiger partial charge in [-0.15, -0.1) is 0 Å². The van der Waals surface area contributed by atoms with Crippen LogP contribution in [0.15, 0.2) is 42.5 Å². The molecule has 0 saturated carbocycles. The number of halogens is 1. The van der Waals surface area contributed by atoms with Gasteiger partial charge in [-0.05, 0) is 47.9 Å². The summed E-state index contributed by atoms with van der Waals surface area (Å²) < 4.78 is 5.60. The summed E-state index contributed by atoms with van der Waals surface area (Å²) in [6.45, 7) is 7.42. The van der Waals surface area contributed by atoms with Crippen LogP contribution in [0.25, 0.3) is 0 Å². The van der Waals surface area contributed by atoms with E-state index >= 15 is 0 Å². The molecule has 2 aromatic rings. The number of nitrogens with one attached hydrogen (secondary N) is 3. The van der Waals surface area contributed by atoms with E-state index in [1.54, 1.807) is 4.90 Å². The van der Waals surface area contributed by atoms with E-state index in [0.717, 1.165) is 68.5 Å². The van der Waals surface area contributed by atoms with Crippen molar-refractivity contribution in [2.24, 2.45) is 0 Å². The predicted molar refractivity (Wildman–Crippen MR) is 114 cm³/mol. The van der Waals surface area contributed by atoms with Crippen molar-refractivity contribution < 1.29 is 19.3 Å². The third kappa shape index (κ3) is 5.72. The number of carbonyl (C=O) groups excluding carboxylic acids is 1. The Morgan fingerprint density at radius 3 is 2.69 bits per heavy atom. The highest BCUT2D eigenvalue weighted by Crippen LogP contribution is 2.25. The van der Waals surface area contributed by atoms with Gasteiger partial charge in [0.15, 0.2) is 6.54 Å². The minimum atomic E-state index is 0.143. The van der Waals surface area contributed by atoms with Gasteiger partial charge in [-0.1, -0.05) is 23.7 Å². The molecule has 0 unspecified atom stereocenters. The Bertz CT molecular complexity index is 850. The fraction of sp³-hybridized carbons (Fsp3) is 0.435. The zero-order valence-electron chi connectivity index (χ0n) is 16.8. The fourth-order valence-electron chi connectivity index (χ4n) is 4.28. The van der Waals surface area contributed by atoms with Crippen molar-refractivity contribution >= 4 is 17.5 Å². The van der Waals surface area contributed by atoms with Crippen molar-refractivity contribution in [2.45, 2.75) is 19.4 Å². The molecule has 3 N–H and O–H groups in total. The summed E-state index contributed by atoms with van der Waals surface area (Å²) in [6.07, 6.45) is 1.84. The highest BCUT2D eigenvalue weighted by molar-refractivity contribution is 6.30. The monoisotopic (exact) mass is 415 g/mol. The first-order valence-corrected chi connectivity index (χ1v) is 11.0. The molecule has 2 aliphatic heterocycles. The van der Waals surface area contributed by atoms with Gasteiger partial charge in [0.1, 0.15) is 38.5 Å². The van der Waals surface area contributed by atoms with Gasteiger partial charge >= 0.3 is 0 Å². The molecule has 5 nitrogen and oxygen atoms in total. The molecule has 0 atom stereocenters. The quantitative estimate of drug-likeness (QED) is 0.592. The first kappa shape index (κ1) is 20.2.